The number of hydrogen-bond acceptors (Lipinski definition) is 3. The molecule has 5 nitrogen and oxygen atoms in total. The van der Waals surface area contributed by atoms with E-state index < -0.39 is 11.8 Å². The van der Waals surface area contributed by atoms with Gasteiger partial charge in [0.2, 0.25) is 0 Å². The summed E-state index contributed by atoms with van der Waals surface area (Å²) in [5.41, 5.74) is 0.779. The SMILES string of the molecule is O=C(O)c1cn(C2CCCC2)nc1-c1ccc(F)cn1. The van der Waals surface area contributed by atoms with Gasteiger partial charge in [0.05, 0.1) is 17.9 Å². The van der Waals surface area contributed by atoms with E-state index in [2.05, 4.69) is 10.1 Å². The van der Waals surface area contributed by atoms with Crippen LogP contribution in [0.15, 0.2) is 24.5 Å². The summed E-state index contributed by atoms with van der Waals surface area (Å²) in [7, 11) is 0. The largest absolute Gasteiger partial charge is 0.478 e. The molecule has 0 amide bonds. The summed E-state index contributed by atoms with van der Waals surface area (Å²) in [6.45, 7) is 0. The minimum atomic E-state index is -1.05. The molecule has 1 aliphatic carbocycles. The van der Waals surface area contributed by atoms with Crippen LogP contribution < -0.4 is 0 Å². The lowest BCUT2D eigenvalue weighted by Crippen LogP contribution is -2.05. The smallest absolute Gasteiger partial charge is 0.339 e. The molecular formula is C14H14FN3O2. The standard InChI is InChI=1S/C14H14FN3O2/c15-9-5-6-12(16-7-9)13-11(14(19)20)8-18(17-13)10-3-1-2-4-10/h5-8,10H,1-4H2,(H,19,20). The summed E-state index contributed by atoms with van der Waals surface area (Å²) in [6, 6.07) is 2.95. The number of carboxylic acids is 1. The summed E-state index contributed by atoms with van der Waals surface area (Å²) in [5, 5.41) is 13.6. The topological polar surface area (TPSA) is 68.0 Å². The highest BCUT2D eigenvalue weighted by atomic mass is 19.1. The number of aromatic carboxylic acids is 1. The molecule has 2 aromatic heterocycles. The maximum Gasteiger partial charge on any atom is 0.339 e. The summed E-state index contributed by atoms with van der Waals surface area (Å²) >= 11 is 0. The molecule has 2 aromatic rings. The van der Waals surface area contributed by atoms with Gasteiger partial charge in [-0.25, -0.2) is 9.18 Å². The quantitative estimate of drug-likeness (QED) is 0.935. The lowest BCUT2D eigenvalue weighted by molar-refractivity contribution is 0.0697. The van der Waals surface area contributed by atoms with Gasteiger partial charge in [0.1, 0.15) is 17.1 Å². The zero-order chi connectivity index (χ0) is 14.1. The second-order valence-electron chi connectivity index (χ2n) is 4.98. The van der Waals surface area contributed by atoms with Crippen LogP contribution in [0.5, 0.6) is 0 Å². The van der Waals surface area contributed by atoms with E-state index in [1.54, 1.807) is 10.9 Å². The lowest BCUT2D eigenvalue weighted by Gasteiger charge is -2.08. The third-order valence-electron chi connectivity index (χ3n) is 3.63. The first-order valence-electron chi connectivity index (χ1n) is 6.59. The van der Waals surface area contributed by atoms with E-state index >= 15 is 0 Å². The Labute approximate surface area is 115 Å². The van der Waals surface area contributed by atoms with Crippen LogP contribution in [0, 0.1) is 5.82 Å². The first-order valence-corrected chi connectivity index (χ1v) is 6.59. The average molecular weight is 275 g/mol. The molecule has 0 radical (unpaired) electrons. The molecule has 1 saturated carbocycles. The number of pyridine rings is 1. The van der Waals surface area contributed by atoms with Crippen LogP contribution in [-0.2, 0) is 0 Å². The Morgan fingerprint density at radius 1 is 1.35 bits per heavy atom. The van der Waals surface area contributed by atoms with Crippen molar-refractivity contribution in [3.63, 3.8) is 0 Å². The number of rotatable bonds is 3. The first kappa shape index (κ1) is 12.8. The van der Waals surface area contributed by atoms with E-state index in [0.29, 0.717) is 11.4 Å². The molecule has 0 atom stereocenters. The predicted octanol–water partition coefficient (Wildman–Crippen LogP) is 2.90. The van der Waals surface area contributed by atoms with Crippen LogP contribution in [0.25, 0.3) is 11.4 Å². The average Bonchev–Trinajstić information content (AvgIpc) is 3.08. The van der Waals surface area contributed by atoms with Crippen molar-refractivity contribution in [1.29, 1.82) is 0 Å². The fraction of sp³-hybridized carbons (Fsp3) is 0.357. The van der Waals surface area contributed by atoms with E-state index in [1.165, 1.54) is 12.1 Å². The lowest BCUT2D eigenvalue weighted by atomic mass is 10.2. The molecule has 1 fully saturated rings. The van der Waals surface area contributed by atoms with Gasteiger partial charge in [-0.2, -0.15) is 5.10 Å². The van der Waals surface area contributed by atoms with Gasteiger partial charge in [-0.3, -0.25) is 9.67 Å². The Morgan fingerprint density at radius 2 is 2.10 bits per heavy atom. The summed E-state index contributed by atoms with van der Waals surface area (Å²) in [6.07, 6.45) is 6.91. The molecule has 3 rings (SSSR count). The van der Waals surface area contributed by atoms with Crippen molar-refractivity contribution in [2.75, 3.05) is 0 Å². The van der Waals surface area contributed by atoms with Crippen LogP contribution in [0.2, 0.25) is 0 Å². The van der Waals surface area contributed by atoms with Crippen molar-refractivity contribution in [2.24, 2.45) is 0 Å². The number of hydrogen-bond donors (Lipinski definition) is 1. The van der Waals surface area contributed by atoms with Crippen LogP contribution in [0.1, 0.15) is 42.1 Å². The summed E-state index contributed by atoms with van der Waals surface area (Å²) < 4.78 is 14.6. The highest BCUT2D eigenvalue weighted by Crippen LogP contribution is 2.31. The van der Waals surface area contributed by atoms with Gasteiger partial charge < -0.3 is 5.11 Å². The van der Waals surface area contributed by atoms with E-state index in [-0.39, 0.29) is 11.6 Å². The molecule has 6 heteroatoms. The molecule has 1 aliphatic rings. The molecule has 1 N–H and O–H groups in total. The van der Waals surface area contributed by atoms with Gasteiger partial charge in [0.15, 0.2) is 0 Å². The predicted molar refractivity (Wildman–Crippen MR) is 69.9 cm³/mol. The zero-order valence-electron chi connectivity index (χ0n) is 10.8. The van der Waals surface area contributed by atoms with Crippen LogP contribution in [0.4, 0.5) is 4.39 Å². The van der Waals surface area contributed by atoms with E-state index in [1.807, 2.05) is 0 Å². The van der Waals surface area contributed by atoms with Crippen LogP contribution >= 0.6 is 0 Å². The molecule has 0 aliphatic heterocycles. The van der Waals surface area contributed by atoms with Crippen molar-refractivity contribution >= 4 is 5.97 Å². The molecule has 2 heterocycles. The van der Waals surface area contributed by atoms with Crippen molar-refractivity contribution < 1.29 is 14.3 Å². The molecular weight excluding hydrogens is 261 g/mol. The number of carboxylic acid groups (broad SMARTS) is 1. The fourth-order valence-electron chi connectivity index (χ4n) is 2.61. The Hall–Kier alpha value is -2.24. The van der Waals surface area contributed by atoms with Gasteiger partial charge in [-0.1, -0.05) is 12.8 Å². The van der Waals surface area contributed by atoms with Crippen LogP contribution in [-0.4, -0.2) is 25.8 Å². The normalized spacial score (nSPS) is 15.7. The first-order chi connectivity index (χ1) is 9.65. The maximum atomic E-state index is 12.9. The van der Waals surface area contributed by atoms with Gasteiger partial charge in [0, 0.05) is 6.20 Å². The van der Waals surface area contributed by atoms with Gasteiger partial charge in [-0.05, 0) is 25.0 Å². The van der Waals surface area contributed by atoms with E-state index in [0.717, 1.165) is 31.9 Å². The number of nitrogens with zero attached hydrogens (tertiary/aromatic N) is 3. The molecule has 0 unspecified atom stereocenters. The second-order valence-corrected chi connectivity index (χ2v) is 4.98. The summed E-state index contributed by atoms with van der Waals surface area (Å²) in [5.74, 6) is -1.50. The zero-order valence-corrected chi connectivity index (χ0v) is 10.8. The molecule has 0 bridgehead atoms. The number of aromatic nitrogens is 3. The minimum absolute atomic E-state index is 0.107. The van der Waals surface area contributed by atoms with Crippen molar-refractivity contribution in [1.82, 2.24) is 14.8 Å². The molecule has 20 heavy (non-hydrogen) atoms. The fourth-order valence-corrected chi connectivity index (χ4v) is 2.61. The highest BCUT2D eigenvalue weighted by molar-refractivity contribution is 5.94. The van der Waals surface area contributed by atoms with Gasteiger partial charge in [0.25, 0.3) is 0 Å². The Morgan fingerprint density at radius 3 is 2.70 bits per heavy atom. The van der Waals surface area contributed by atoms with Gasteiger partial charge in [-0.15, -0.1) is 0 Å². The van der Waals surface area contributed by atoms with Crippen LogP contribution in [0.3, 0.4) is 0 Å². The number of halogens is 1. The molecule has 104 valence electrons. The van der Waals surface area contributed by atoms with Crippen molar-refractivity contribution in [3.05, 3.63) is 35.9 Å². The van der Waals surface area contributed by atoms with E-state index in [9.17, 15) is 14.3 Å². The summed E-state index contributed by atoms with van der Waals surface area (Å²) in [4.78, 5) is 15.3. The highest BCUT2D eigenvalue weighted by Gasteiger charge is 2.23. The third-order valence-corrected chi connectivity index (χ3v) is 3.63. The number of carbonyl (C=O) groups is 1. The Bertz CT molecular complexity index is 630. The molecule has 0 spiro atoms. The maximum absolute atomic E-state index is 12.9. The minimum Gasteiger partial charge on any atom is -0.478 e. The Balaban J connectivity index is 2.04. The van der Waals surface area contributed by atoms with Crippen molar-refractivity contribution in [2.45, 2.75) is 31.7 Å². The van der Waals surface area contributed by atoms with Gasteiger partial charge >= 0.3 is 5.97 Å². The van der Waals surface area contributed by atoms with Crippen molar-refractivity contribution in [3.8, 4) is 11.4 Å². The molecule has 0 saturated heterocycles. The second kappa shape index (κ2) is 5.03. The Kier molecular flexibility index (Phi) is 3.22. The van der Waals surface area contributed by atoms with E-state index in [4.69, 9.17) is 0 Å². The molecule has 0 aromatic carbocycles. The monoisotopic (exact) mass is 275 g/mol. The third kappa shape index (κ3) is 2.29.